The number of halogens is 2. The van der Waals surface area contributed by atoms with E-state index in [1.54, 1.807) is 36.7 Å². The number of nitrogens with zero attached hydrogens (tertiary/aromatic N) is 2. The van der Waals surface area contributed by atoms with E-state index >= 15 is 8.78 Å². The highest BCUT2D eigenvalue weighted by molar-refractivity contribution is 6.11. The number of benzene rings is 8. The molecule has 2 aliphatic heterocycles. The van der Waals surface area contributed by atoms with Crippen molar-refractivity contribution in [1.29, 1.82) is 0 Å². The normalized spacial score (nSPS) is 14.9. The third-order valence-corrected chi connectivity index (χ3v) is 12.9. The lowest BCUT2D eigenvalue weighted by atomic mass is 9.92. The molecule has 0 aromatic heterocycles. The molecule has 2 atom stereocenters. The van der Waals surface area contributed by atoms with Crippen molar-refractivity contribution in [1.82, 2.24) is 10.6 Å². The van der Waals surface area contributed by atoms with E-state index in [1.807, 2.05) is 109 Å². The third kappa shape index (κ3) is 11.3. The number of nitrogens with one attached hydrogen (secondary N) is 2. The Morgan fingerprint density at radius 3 is 1.26 bits per heavy atom. The maximum atomic E-state index is 15.0. The van der Waals surface area contributed by atoms with E-state index in [2.05, 4.69) is 58.7 Å². The molecule has 10 nitrogen and oxygen atoms in total. The molecule has 8 aromatic carbocycles. The van der Waals surface area contributed by atoms with Gasteiger partial charge < -0.3 is 39.1 Å². The van der Waals surface area contributed by atoms with Gasteiger partial charge in [-0.2, -0.15) is 0 Å². The number of allylic oxidation sites excluding steroid dienone is 2. The molecule has 74 heavy (non-hydrogen) atoms. The molecular formula is C62H56F2N4O6. The maximum absolute atomic E-state index is 15.0. The van der Waals surface area contributed by atoms with Crippen LogP contribution in [0.1, 0.15) is 74.1 Å². The van der Waals surface area contributed by atoms with Gasteiger partial charge >= 0.3 is 0 Å². The second-order valence-corrected chi connectivity index (χ2v) is 17.8. The number of rotatable bonds is 21. The molecule has 0 aliphatic carbocycles. The summed E-state index contributed by atoms with van der Waals surface area (Å²) in [5, 5.41) is 10.5. The van der Waals surface area contributed by atoms with Crippen molar-refractivity contribution in [2.24, 2.45) is 9.98 Å². The van der Waals surface area contributed by atoms with E-state index < -0.39 is 12.3 Å². The molecule has 12 heteroatoms. The van der Waals surface area contributed by atoms with E-state index in [4.69, 9.17) is 28.4 Å². The molecule has 8 aromatic rings. The van der Waals surface area contributed by atoms with Crippen LogP contribution in [-0.4, -0.2) is 39.2 Å². The summed E-state index contributed by atoms with van der Waals surface area (Å²) in [6, 6.07) is 49.5. The first kappa shape index (κ1) is 49.0. The number of aliphatic imine (C=N–C) groups is 2. The van der Waals surface area contributed by atoms with Gasteiger partial charge in [-0.25, -0.2) is 8.78 Å². The van der Waals surface area contributed by atoms with Crippen molar-refractivity contribution in [3.63, 3.8) is 0 Å². The van der Waals surface area contributed by atoms with Crippen LogP contribution in [0.15, 0.2) is 180 Å². The van der Waals surface area contributed by atoms with Crippen LogP contribution in [0, 0.1) is 11.6 Å². The smallest absolute Gasteiger partial charge is 0.230 e. The van der Waals surface area contributed by atoms with Crippen LogP contribution in [0.3, 0.4) is 0 Å². The standard InChI is InChI=1S/C62H56F2N4O6/c1-3-5-31-69-49-25-27-53(55(63)33-49)61-65-35-45(36-66-61)41-15-21-47(22-16-41)71-39-73-57-29-19-43-11-7-9-13-51(43)59(57)60-52-14-10-8-12-44(52)20-30-58(60)74-40-72-48-23-17-42(18-24-48)46-37-67-62(68-38-46)54-28-26-50(34-56(54)64)70-32-6-4-2/h7-30,33-38,61-62,65,67H,3-6,31-32,39-40H2,1-2H3. The van der Waals surface area contributed by atoms with Gasteiger partial charge in [0.1, 0.15) is 58.5 Å². The Hall–Kier alpha value is -8.64. The van der Waals surface area contributed by atoms with Crippen LogP contribution in [0.4, 0.5) is 8.78 Å². The third-order valence-electron chi connectivity index (χ3n) is 12.9. The Balaban J connectivity index is 0.793. The van der Waals surface area contributed by atoms with Crippen molar-refractivity contribution in [2.75, 3.05) is 26.8 Å². The highest BCUT2D eigenvalue weighted by atomic mass is 19.1. The number of hydrogen-bond acceptors (Lipinski definition) is 10. The lowest BCUT2D eigenvalue weighted by Gasteiger charge is -2.20. The fourth-order valence-electron chi connectivity index (χ4n) is 8.84. The van der Waals surface area contributed by atoms with E-state index in [0.717, 1.165) is 80.6 Å². The largest absolute Gasteiger partial charge is 0.493 e. The second-order valence-electron chi connectivity index (χ2n) is 17.8. The molecule has 0 radical (unpaired) electrons. The van der Waals surface area contributed by atoms with Crippen LogP contribution in [0.2, 0.25) is 0 Å². The van der Waals surface area contributed by atoms with E-state index in [9.17, 15) is 0 Å². The van der Waals surface area contributed by atoms with Crippen LogP contribution in [-0.2, 0) is 0 Å². The zero-order chi connectivity index (χ0) is 50.6. The Morgan fingerprint density at radius 2 is 0.865 bits per heavy atom. The highest BCUT2D eigenvalue weighted by Crippen LogP contribution is 2.46. The average molecular weight is 991 g/mol. The van der Waals surface area contributed by atoms with Gasteiger partial charge in [-0.15, -0.1) is 0 Å². The first-order valence-electron chi connectivity index (χ1n) is 25.0. The van der Waals surface area contributed by atoms with Crippen LogP contribution in [0.25, 0.3) is 43.8 Å². The molecular weight excluding hydrogens is 935 g/mol. The lowest BCUT2D eigenvalue weighted by molar-refractivity contribution is 0.118. The zero-order valence-corrected chi connectivity index (χ0v) is 41.2. The van der Waals surface area contributed by atoms with E-state index in [-0.39, 0.29) is 25.2 Å². The predicted molar refractivity (Wildman–Crippen MR) is 290 cm³/mol. The number of fused-ring (bicyclic) bond motifs is 2. The fourth-order valence-corrected chi connectivity index (χ4v) is 8.84. The van der Waals surface area contributed by atoms with Crippen LogP contribution < -0.4 is 39.1 Å². The average Bonchev–Trinajstić information content (AvgIpc) is 3.44. The first-order chi connectivity index (χ1) is 36.4. The summed E-state index contributed by atoms with van der Waals surface area (Å²) in [4.78, 5) is 9.21. The molecule has 2 unspecified atom stereocenters. The fraction of sp³-hybridized carbons (Fsp3) is 0.194. The van der Waals surface area contributed by atoms with E-state index in [1.165, 1.54) is 12.1 Å². The Labute approximate surface area is 429 Å². The maximum Gasteiger partial charge on any atom is 0.230 e. The van der Waals surface area contributed by atoms with Gasteiger partial charge in [-0.05, 0) is 106 Å². The molecule has 0 saturated heterocycles. The minimum atomic E-state index is -0.547. The summed E-state index contributed by atoms with van der Waals surface area (Å²) < 4.78 is 66.8. The predicted octanol–water partition coefficient (Wildman–Crippen LogP) is 14.6. The Morgan fingerprint density at radius 1 is 0.446 bits per heavy atom. The molecule has 2 N–H and O–H groups in total. The van der Waals surface area contributed by atoms with Crippen LogP contribution >= 0.6 is 0 Å². The molecule has 0 amide bonds. The van der Waals surface area contributed by atoms with Gasteiger partial charge in [0.2, 0.25) is 13.6 Å². The van der Waals surface area contributed by atoms with Gasteiger partial charge in [0.25, 0.3) is 0 Å². The molecule has 2 heterocycles. The summed E-state index contributed by atoms with van der Waals surface area (Å²) in [6.45, 7) is 5.16. The van der Waals surface area contributed by atoms with Crippen molar-refractivity contribution in [3.05, 3.63) is 204 Å². The summed E-state index contributed by atoms with van der Waals surface area (Å²) in [5.41, 5.74) is 6.14. The molecule has 2 aliphatic rings. The topological polar surface area (TPSA) is 104 Å². The lowest BCUT2D eigenvalue weighted by Crippen LogP contribution is -2.19. The summed E-state index contributed by atoms with van der Waals surface area (Å²) >= 11 is 0. The summed E-state index contributed by atoms with van der Waals surface area (Å²) in [7, 11) is 0. The molecule has 0 fully saturated rings. The van der Waals surface area contributed by atoms with Crippen molar-refractivity contribution in [2.45, 2.75) is 51.9 Å². The first-order valence-corrected chi connectivity index (χ1v) is 25.0. The molecule has 0 saturated carbocycles. The summed E-state index contributed by atoms with van der Waals surface area (Å²) in [6.07, 6.45) is 9.93. The van der Waals surface area contributed by atoms with Gasteiger partial charge in [0.05, 0.1) is 13.2 Å². The highest BCUT2D eigenvalue weighted by Gasteiger charge is 2.22. The van der Waals surface area contributed by atoms with Crippen LogP contribution in [0.5, 0.6) is 34.5 Å². The number of hydrogen-bond donors (Lipinski definition) is 2. The summed E-state index contributed by atoms with van der Waals surface area (Å²) in [5.74, 6) is 2.77. The minimum Gasteiger partial charge on any atom is -0.493 e. The van der Waals surface area contributed by atoms with Gasteiger partial charge in [0, 0.05) is 70.4 Å². The number of unbranched alkanes of at least 4 members (excludes halogenated alkanes) is 2. The second kappa shape index (κ2) is 23.3. The minimum absolute atomic E-state index is 0.0625. The zero-order valence-electron chi connectivity index (χ0n) is 41.2. The molecule has 0 spiro atoms. The molecule has 10 rings (SSSR count). The Bertz CT molecular complexity index is 3150. The molecule has 374 valence electrons. The van der Waals surface area contributed by atoms with Crippen molar-refractivity contribution >= 4 is 45.1 Å². The van der Waals surface area contributed by atoms with Crippen molar-refractivity contribution in [3.8, 4) is 45.6 Å². The SMILES string of the molecule is CCCCOc1ccc(C2N=CC(c3ccc(OCOc4ccc5ccccc5c4-c4c(OCOc5ccc(C6=CNC(c7ccc(OCCCC)cc7F)N=C6)cc5)ccc5ccccc45)cc3)=CN2)c(F)c1. The van der Waals surface area contributed by atoms with Gasteiger partial charge in [-0.1, -0.05) is 112 Å². The quantitative estimate of drug-likeness (QED) is 0.0542. The molecule has 0 bridgehead atoms. The number of ether oxygens (including phenoxy) is 6. The van der Waals surface area contributed by atoms with E-state index in [0.29, 0.717) is 58.8 Å². The van der Waals surface area contributed by atoms with Crippen molar-refractivity contribution < 1.29 is 37.2 Å². The monoisotopic (exact) mass is 990 g/mol. The van der Waals surface area contributed by atoms with Gasteiger partial charge in [-0.3, -0.25) is 9.98 Å². The Kier molecular flexibility index (Phi) is 15.4. The van der Waals surface area contributed by atoms with Gasteiger partial charge in [0.15, 0.2) is 0 Å².